The van der Waals surface area contributed by atoms with Gasteiger partial charge in [-0.2, -0.15) is 0 Å². The van der Waals surface area contributed by atoms with E-state index in [-0.39, 0.29) is 18.3 Å². The average molecular weight is 712 g/mol. The maximum atomic E-state index is 14.4. The van der Waals surface area contributed by atoms with Crippen LogP contribution in [0.1, 0.15) is 86.1 Å². The lowest BCUT2D eigenvalue weighted by Crippen LogP contribution is -2.40. The Labute approximate surface area is 273 Å². The molecule has 2 aromatic carbocycles. The molecule has 3 heterocycles. The van der Waals surface area contributed by atoms with E-state index in [2.05, 4.69) is 50.8 Å². The normalized spacial score (nSPS) is 18.5. The van der Waals surface area contributed by atoms with E-state index in [1.807, 2.05) is 50.4 Å². The van der Waals surface area contributed by atoms with Gasteiger partial charge in [0.25, 0.3) is 0 Å². The number of hydrogen-bond acceptors (Lipinski definition) is 5. The Morgan fingerprint density at radius 2 is 1.89 bits per heavy atom. The fourth-order valence-corrected chi connectivity index (χ4v) is 7.67. The number of benzene rings is 2. The third-order valence-corrected chi connectivity index (χ3v) is 9.89. The largest absolute Gasteiger partial charge is 0.463 e. The lowest BCUT2D eigenvalue weighted by molar-refractivity contribution is -0.138. The first kappa shape index (κ1) is 32.4. The molecule has 2 aliphatic rings. The predicted octanol–water partition coefficient (Wildman–Crippen LogP) is 7.91. The molecule has 8 heteroatoms. The molecule has 234 valence electrons. The maximum absolute atomic E-state index is 14.4. The smallest absolute Gasteiger partial charge is 0.336 e. The number of hydrogen-bond donors (Lipinski definition) is 2. The van der Waals surface area contributed by atoms with Gasteiger partial charge in [0.05, 0.1) is 12.2 Å². The van der Waals surface area contributed by atoms with Crippen LogP contribution in [-0.2, 0) is 25.4 Å². The van der Waals surface area contributed by atoms with Gasteiger partial charge in [-0.15, -0.1) is 0 Å². The van der Waals surface area contributed by atoms with Gasteiger partial charge in [0.15, 0.2) is 5.78 Å². The summed E-state index contributed by atoms with van der Waals surface area (Å²) in [6.07, 6.45) is 5.83. The highest BCUT2D eigenvalue weighted by molar-refractivity contribution is 14.1. The van der Waals surface area contributed by atoms with E-state index in [1.54, 1.807) is 6.92 Å². The second kappa shape index (κ2) is 14.4. The molecule has 0 spiro atoms. The minimum atomic E-state index is -0.600. The molecule has 2 atom stereocenters. The minimum Gasteiger partial charge on any atom is -0.463 e. The molecule has 1 unspecified atom stereocenters. The van der Waals surface area contributed by atoms with Crippen molar-refractivity contribution in [1.82, 2.24) is 15.2 Å². The number of carbonyl (C=O) groups excluding carboxylic acids is 2. The molecule has 6 nitrogen and oxygen atoms in total. The molecule has 0 radical (unpaired) electrons. The summed E-state index contributed by atoms with van der Waals surface area (Å²) in [4.78, 5) is 33.3. The first-order chi connectivity index (χ1) is 21.3. The number of aromatic nitrogens is 1. The standard InChI is InChI=1S/C36H43FIN3O3/c1-5-44-36(43)35-31(21-41-14-7-6-8-15-41)40-30(17-23(3)32-22(2)16-25(20-38)18-26(32)19-37)33(24(4)42)34(35)28-10-9-11-29-27(28)12-13-39-29/h9-13,16,18,23,34,39-40H,5-8,14-15,17,19-21H2,1-4H3/t23-,34?/m0/s1. The van der Waals surface area contributed by atoms with E-state index in [9.17, 15) is 14.0 Å². The zero-order valence-corrected chi connectivity index (χ0v) is 28.4. The topological polar surface area (TPSA) is 74.4 Å². The molecular formula is C36H43FIN3O3. The maximum Gasteiger partial charge on any atom is 0.336 e. The molecule has 5 rings (SSSR count). The summed E-state index contributed by atoms with van der Waals surface area (Å²) < 4.78 is 20.9. The van der Waals surface area contributed by atoms with Crippen molar-refractivity contribution in [2.75, 3.05) is 26.2 Å². The Morgan fingerprint density at radius 3 is 2.57 bits per heavy atom. The van der Waals surface area contributed by atoms with Crippen LogP contribution in [0.4, 0.5) is 4.39 Å². The number of H-pyrrole nitrogens is 1. The molecule has 0 aliphatic carbocycles. The highest BCUT2D eigenvalue weighted by atomic mass is 127. The molecule has 1 fully saturated rings. The summed E-state index contributed by atoms with van der Waals surface area (Å²) in [6.45, 7) is 9.72. The van der Waals surface area contributed by atoms with Gasteiger partial charge in [-0.05, 0) is 99.0 Å². The Kier molecular flexibility index (Phi) is 10.6. The summed E-state index contributed by atoms with van der Waals surface area (Å²) >= 11 is 2.31. The lowest BCUT2D eigenvalue weighted by Gasteiger charge is -2.36. The van der Waals surface area contributed by atoms with E-state index in [0.717, 1.165) is 74.9 Å². The number of esters is 1. The molecule has 0 saturated carbocycles. The number of nitrogens with one attached hydrogen (secondary N) is 2. The van der Waals surface area contributed by atoms with Crippen LogP contribution in [0.5, 0.6) is 0 Å². The van der Waals surface area contributed by atoms with Crippen LogP contribution in [0.2, 0.25) is 0 Å². The van der Waals surface area contributed by atoms with Crippen LogP contribution in [0, 0.1) is 6.92 Å². The van der Waals surface area contributed by atoms with Gasteiger partial charge in [-0.3, -0.25) is 9.69 Å². The number of halogens is 2. The summed E-state index contributed by atoms with van der Waals surface area (Å²) in [6, 6.07) is 12.1. The number of ketones is 1. The van der Waals surface area contributed by atoms with Crippen LogP contribution in [-0.4, -0.2) is 47.9 Å². The van der Waals surface area contributed by atoms with Crippen LogP contribution in [0.25, 0.3) is 10.9 Å². The van der Waals surface area contributed by atoms with Gasteiger partial charge < -0.3 is 15.0 Å². The van der Waals surface area contributed by atoms with Crippen molar-refractivity contribution in [2.45, 2.75) is 76.3 Å². The quantitative estimate of drug-likeness (QED) is 0.120. The molecule has 0 bridgehead atoms. The number of aryl methyl sites for hydroxylation is 1. The van der Waals surface area contributed by atoms with Crippen molar-refractivity contribution in [2.24, 2.45) is 0 Å². The van der Waals surface area contributed by atoms with Crippen molar-refractivity contribution in [3.63, 3.8) is 0 Å². The first-order valence-electron chi connectivity index (χ1n) is 15.7. The fraction of sp³-hybridized carbons (Fsp3) is 0.444. The number of nitrogens with zero attached hydrogens (tertiary/aromatic N) is 1. The van der Waals surface area contributed by atoms with Gasteiger partial charge in [0, 0.05) is 51.0 Å². The minimum absolute atomic E-state index is 0.0649. The predicted molar refractivity (Wildman–Crippen MR) is 183 cm³/mol. The van der Waals surface area contributed by atoms with E-state index in [1.165, 1.54) is 6.42 Å². The highest BCUT2D eigenvalue weighted by Gasteiger charge is 2.39. The van der Waals surface area contributed by atoms with Crippen LogP contribution >= 0.6 is 22.6 Å². The Bertz CT molecular complexity index is 1600. The lowest BCUT2D eigenvalue weighted by atomic mass is 9.75. The molecule has 3 aromatic rings. The molecule has 2 N–H and O–H groups in total. The van der Waals surface area contributed by atoms with E-state index in [0.29, 0.717) is 29.7 Å². The molecule has 44 heavy (non-hydrogen) atoms. The Hall–Kier alpha value is -2.98. The van der Waals surface area contributed by atoms with Gasteiger partial charge in [0.2, 0.25) is 0 Å². The zero-order chi connectivity index (χ0) is 31.4. The van der Waals surface area contributed by atoms with Crippen LogP contribution in [0.3, 0.4) is 0 Å². The second-order valence-corrected chi connectivity index (χ2v) is 12.9. The monoisotopic (exact) mass is 711 g/mol. The summed E-state index contributed by atoms with van der Waals surface area (Å²) in [5, 5.41) is 4.60. The second-order valence-electron chi connectivity index (χ2n) is 12.1. The number of piperidine rings is 1. The number of Topliss-reactive ketones (excluding diaryl/α,β-unsaturated/α-hetero) is 1. The van der Waals surface area contributed by atoms with Crippen LogP contribution < -0.4 is 5.32 Å². The van der Waals surface area contributed by atoms with Crippen LogP contribution in [0.15, 0.2) is 65.1 Å². The molecular weight excluding hydrogens is 668 g/mol. The van der Waals surface area contributed by atoms with Gasteiger partial charge in [-0.25, -0.2) is 9.18 Å². The number of rotatable bonds is 11. The van der Waals surface area contributed by atoms with Crippen molar-refractivity contribution < 1.29 is 18.7 Å². The van der Waals surface area contributed by atoms with Crippen molar-refractivity contribution >= 4 is 45.2 Å². The Morgan fingerprint density at radius 1 is 1.11 bits per heavy atom. The fourth-order valence-electron chi connectivity index (χ4n) is 7.23. The van der Waals surface area contributed by atoms with Gasteiger partial charge >= 0.3 is 5.97 Å². The van der Waals surface area contributed by atoms with Crippen molar-refractivity contribution in [3.8, 4) is 0 Å². The summed E-state index contributed by atoms with van der Waals surface area (Å²) in [5.74, 6) is -1.17. The number of allylic oxidation sites excluding steroid dienone is 2. The summed E-state index contributed by atoms with van der Waals surface area (Å²) in [7, 11) is 0. The molecule has 1 saturated heterocycles. The van der Waals surface area contributed by atoms with Gasteiger partial charge in [-0.1, -0.05) is 60.2 Å². The first-order valence-corrected chi connectivity index (χ1v) is 17.2. The number of likely N-dealkylation sites (tertiary alicyclic amines) is 1. The SMILES string of the molecule is CCOC(=O)C1=C(CN2CCCCC2)NC(C[C@H](C)c2c(C)cc(CI)cc2CF)=C(C(C)=O)C1c1cccc2[nH]ccc12. The highest BCUT2D eigenvalue weighted by Crippen LogP contribution is 2.44. The number of ether oxygens (including phenoxy) is 1. The van der Waals surface area contributed by atoms with E-state index in [4.69, 9.17) is 4.74 Å². The molecule has 1 aromatic heterocycles. The number of fused-ring (bicyclic) bond motifs is 1. The Balaban J connectivity index is 1.69. The molecule has 2 aliphatic heterocycles. The third kappa shape index (κ3) is 6.66. The molecule has 0 amide bonds. The number of carbonyl (C=O) groups is 2. The number of dihydropyridines is 1. The number of aromatic amines is 1. The van der Waals surface area contributed by atoms with E-state index >= 15 is 0 Å². The third-order valence-electron chi connectivity index (χ3n) is 9.01. The summed E-state index contributed by atoms with van der Waals surface area (Å²) in [5.41, 5.74) is 8.35. The average Bonchev–Trinajstić information content (AvgIpc) is 3.50. The number of alkyl halides is 2. The zero-order valence-electron chi connectivity index (χ0n) is 26.2. The van der Waals surface area contributed by atoms with Gasteiger partial charge in [0.1, 0.15) is 6.67 Å². The van der Waals surface area contributed by atoms with Crippen molar-refractivity contribution in [1.29, 1.82) is 0 Å². The van der Waals surface area contributed by atoms with Crippen molar-refractivity contribution in [3.05, 3.63) is 93.0 Å². The van der Waals surface area contributed by atoms with E-state index < -0.39 is 18.6 Å².